The minimum Gasteiger partial charge on any atom is -0.491 e. The number of methoxy groups -OCH3 is 1. The Morgan fingerprint density at radius 2 is 2.05 bits per heavy atom. The molecule has 2 atom stereocenters. The first kappa shape index (κ1) is 29.4. The molecule has 2 aliphatic rings. The Labute approximate surface area is 245 Å². The minimum absolute atomic E-state index is 0.0118. The second kappa shape index (κ2) is 14.2. The summed E-state index contributed by atoms with van der Waals surface area (Å²) in [7, 11) is 1.65. The molecule has 0 spiro atoms. The topological polar surface area (TPSA) is 118 Å². The van der Waals surface area contributed by atoms with Gasteiger partial charge in [-0.05, 0) is 18.6 Å². The zero-order valence-electron chi connectivity index (χ0n) is 24.1. The summed E-state index contributed by atoms with van der Waals surface area (Å²) < 4.78 is 16.4. The van der Waals surface area contributed by atoms with Crippen molar-refractivity contribution in [2.24, 2.45) is 0 Å². The van der Waals surface area contributed by atoms with Crippen molar-refractivity contribution in [2.75, 3.05) is 70.3 Å². The number of carbonyl (C=O) groups excluding carboxylic acids is 2. The van der Waals surface area contributed by atoms with E-state index in [2.05, 4.69) is 49.5 Å². The van der Waals surface area contributed by atoms with Crippen molar-refractivity contribution in [1.82, 2.24) is 19.8 Å². The number of rotatable bonds is 12. The zero-order valence-corrected chi connectivity index (χ0v) is 24.1. The SMILES string of the molecule is COCCCOc1cc2ncnc(NC(C)c3ccccc3)c2cc1NC(=O)C=CCN1CCN2CC(=O)OCC2C1. The van der Waals surface area contributed by atoms with Gasteiger partial charge >= 0.3 is 5.97 Å². The highest BCUT2D eigenvalue weighted by Gasteiger charge is 2.32. The molecular formula is C31H38N6O5. The molecule has 42 heavy (non-hydrogen) atoms. The van der Waals surface area contributed by atoms with Crippen molar-refractivity contribution < 1.29 is 23.8 Å². The zero-order chi connectivity index (χ0) is 29.3. The van der Waals surface area contributed by atoms with Gasteiger partial charge in [0.1, 0.15) is 24.5 Å². The average Bonchev–Trinajstić information content (AvgIpc) is 3.00. The summed E-state index contributed by atoms with van der Waals surface area (Å²) in [6, 6.07) is 14.0. The molecule has 2 fully saturated rings. The first-order chi connectivity index (χ1) is 20.5. The molecule has 5 rings (SSSR count). The van der Waals surface area contributed by atoms with Crippen LogP contribution in [0, 0.1) is 0 Å². The number of nitrogens with zero attached hydrogens (tertiary/aromatic N) is 4. The normalized spacial score (nSPS) is 18.4. The molecule has 1 aromatic heterocycles. The molecule has 0 aliphatic carbocycles. The highest BCUT2D eigenvalue weighted by molar-refractivity contribution is 6.03. The van der Waals surface area contributed by atoms with E-state index in [1.807, 2.05) is 36.4 Å². The highest BCUT2D eigenvalue weighted by Crippen LogP contribution is 2.33. The predicted octanol–water partition coefficient (Wildman–Crippen LogP) is 3.26. The summed E-state index contributed by atoms with van der Waals surface area (Å²) in [5, 5.41) is 7.25. The molecule has 11 nitrogen and oxygen atoms in total. The Morgan fingerprint density at radius 1 is 1.19 bits per heavy atom. The van der Waals surface area contributed by atoms with Gasteiger partial charge in [0.25, 0.3) is 0 Å². The highest BCUT2D eigenvalue weighted by atomic mass is 16.5. The summed E-state index contributed by atoms with van der Waals surface area (Å²) in [6.45, 7) is 6.91. The lowest BCUT2D eigenvalue weighted by atomic mass is 10.1. The van der Waals surface area contributed by atoms with Crippen LogP contribution in [0.4, 0.5) is 11.5 Å². The fourth-order valence-corrected chi connectivity index (χ4v) is 5.20. The van der Waals surface area contributed by atoms with Gasteiger partial charge < -0.3 is 24.8 Å². The molecule has 11 heteroatoms. The lowest BCUT2D eigenvalue weighted by Gasteiger charge is -2.42. The number of aromatic nitrogens is 2. The number of cyclic esters (lactones) is 1. The number of hydrogen-bond donors (Lipinski definition) is 2. The van der Waals surface area contributed by atoms with Crippen LogP contribution in [0.2, 0.25) is 0 Å². The summed E-state index contributed by atoms with van der Waals surface area (Å²) in [4.78, 5) is 38.0. The van der Waals surface area contributed by atoms with E-state index < -0.39 is 0 Å². The van der Waals surface area contributed by atoms with Crippen LogP contribution in [-0.2, 0) is 19.1 Å². The number of morpholine rings is 1. The van der Waals surface area contributed by atoms with Gasteiger partial charge in [0.15, 0.2) is 0 Å². The number of carbonyl (C=O) groups is 2. The van der Waals surface area contributed by atoms with E-state index in [4.69, 9.17) is 14.2 Å². The molecule has 3 heterocycles. The molecule has 2 aliphatic heterocycles. The molecule has 2 aromatic carbocycles. The number of fused-ring (bicyclic) bond motifs is 2. The van der Waals surface area contributed by atoms with E-state index in [-0.39, 0.29) is 24.0 Å². The summed E-state index contributed by atoms with van der Waals surface area (Å²) in [5.41, 5.74) is 2.37. The Kier molecular flexibility index (Phi) is 9.96. The van der Waals surface area contributed by atoms with Crippen LogP contribution in [0.15, 0.2) is 60.9 Å². The number of piperazine rings is 1. The standard InChI is InChI=1S/C31H38N6O5/c1-22(23-8-4-3-5-9-23)34-31-25-16-27(28(41-15-7-14-40-2)17-26(25)32-21-33-31)35-29(38)10-6-11-36-12-13-37-19-30(39)42-20-24(37)18-36/h3-6,8-10,16-17,21-22,24H,7,11-15,18-20H2,1-2H3,(H,35,38)(H,32,33,34). The Balaban J connectivity index is 1.29. The van der Waals surface area contributed by atoms with Crippen LogP contribution in [0.5, 0.6) is 5.75 Å². The van der Waals surface area contributed by atoms with E-state index in [1.165, 1.54) is 6.33 Å². The smallest absolute Gasteiger partial charge is 0.320 e. The number of anilines is 2. The van der Waals surface area contributed by atoms with E-state index in [9.17, 15) is 9.59 Å². The van der Waals surface area contributed by atoms with Crippen LogP contribution in [0.3, 0.4) is 0 Å². The summed E-state index contributed by atoms with van der Waals surface area (Å²) in [6.07, 6.45) is 5.64. The first-order valence-corrected chi connectivity index (χ1v) is 14.3. The van der Waals surface area contributed by atoms with Crippen molar-refractivity contribution in [2.45, 2.75) is 25.4 Å². The van der Waals surface area contributed by atoms with Crippen LogP contribution in [0.1, 0.15) is 24.9 Å². The van der Waals surface area contributed by atoms with E-state index in [0.717, 1.165) is 30.6 Å². The van der Waals surface area contributed by atoms with Crippen LogP contribution >= 0.6 is 0 Å². The maximum Gasteiger partial charge on any atom is 0.320 e. The van der Waals surface area contributed by atoms with Crippen molar-refractivity contribution in [3.63, 3.8) is 0 Å². The Bertz CT molecular complexity index is 1400. The van der Waals surface area contributed by atoms with Crippen LogP contribution in [0.25, 0.3) is 10.9 Å². The Morgan fingerprint density at radius 3 is 2.88 bits per heavy atom. The molecule has 2 N–H and O–H groups in total. The molecule has 0 radical (unpaired) electrons. The molecule has 222 valence electrons. The summed E-state index contributed by atoms with van der Waals surface area (Å²) in [5.74, 6) is 0.780. The van der Waals surface area contributed by atoms with Crippen LogP contribution in [-0.4, -0.2) is 97.3 Å². The van der Waals surface area contributed by atoms with Crippen molar-refractivity contribution in [3.8, 4) is 5.75 Å². The maximum absolute atomic E-state index is 13.0. The molecule has 3 aromatic rings. The monoisotopic (exact) mass is 574 g/mol. The number of benzene rings is 2. The third-order valence-electron chi connectivity index (χ3n) is 7.49. The van der Waals surface area contributed by atoms with Crippen LogP contribution < -0.4 is 15.4 Å². The lowest BCUT2D eigenvalue weighted by molar-refractivity contribution is -0.157. The molecule has 1 amide bonds. The fourth-order valence-electron chi connectivity index (χ4n) is 5.20. The van der Waals surface area contributed by atoms with E-state index in [1.54, 1.807) is 13.2 Å². The molecule has 2 unspecified atom stereocenters. The van der Waals surface area contributed by atoms with Gasteiger partial charge in [0, 0.05) is 69.9 Å². The van der Waals surface area contributed by atoms with Gasteiger partial charge in [-0.15, -0.1) is 0 Å². The first-order valence-electron chi connectivity index (χ1n) is 14.3. The second-order valence-corrected chi connectivity index (χ2v) is 10.5. The van der Waals surface area contributed by atoms with Gasteiger partial charge in [0.2, 0.25) is 5.91 Å². The molecule has 0 bridgehead atoms. The van der Waals surface area contributed by atoms with Gasteiger partial charge in [0.05, 0.1) is 30.4 Å². The molecule has 0 saturated carbocycles. The van der Waals surface area contributed by atoms with Gasteiger partial charge in [-0.25, -0.2) is 9.97 Å². The summed E-state index contributed by atoms with van der Waals surface area (Å²) >= 11 is 0. The Hall–Kier alpha value is -4.06. The lowest BCUT2D eigenvalue weighted by Crippen LogP contribution is -2.59. The molecular weight excluding hydrogens is 536 g/mol. The number of ether oxygens (including phenoxy) is 3. The van der Waals surface area contributed by atoms with E-state index >= 15 is 0 Å². The third kappa shape index (κ3) is 7.61. The van der Waals surface area contributed by atoms with E-state index in [0.29, 0.717) is 62.1 Å². The quantitative estimate of drug-likeness (QED) is 0.190. The largest absolute Gasteiger partial charge is 0.491 e. The number of esters is 1. The number of amides is 1. The number of nitrogens with one attached hydrogen (secondary N) is 2. The van der Waals surface area contributed by atoms with Crippen molar-refractivity contribution in [1.29, 1.82) is 0 Å². The van der Waals surface area contributed by atoms with Crippen molar-refractivity contribution >= 4 is 34.3 Å². The number of hydrogen-bond acceptors (Lipinski definition) is 10. The average molecular weight is 575 g/mol. The third-order valence-corrected chi connectivity index (χ3v) is 7.49. The molecule has 2 saturated heterocycles. The van der Waals surface area contributed by atoms with Gasteiger partial charge in [-0.1, -0.05) is 36.4 Å². The van der Waals surface area contributed by atoms with Gasteiger partial charge in [-0.2, -0.15) is 0 Å². The fraction of sp³-hybridized carbons (Fsp3) is 0.419. The minimum atomic E-state index is -0.259. The van der Waals surface area contributed by atoms with Crippen molar-refractivity contribution in [3.05, 3.63) is 66.5 Å². The second-order valence-electron chi connectivity index (χ2n) is 10.5. The maximum atomic E-state index is 13.0. The predicted molar refractivity (Wildman–Crippen MR) is 161 cm³/mol. The van der Waals surface area contributed by atoms with Gasteiger partial charge in [-0.3, -0.25) is 19.4 Å².